The third kappa shape index (κ3) is 1.80. The van der Waals surface area contributed by atoms with Crippen LogP contribution in [0.25, 0.3) is 0 Å². The highest BCUT2D eigenvalue weighted by Gasteiger charge is 2.10. The van der Waals surface area contributed by atoms with Crippen molar-refractivity contribution >= 4 is 0 Å². The molecule has 1 aliphatic heterocycles. The summed E-state index contributed by atoms with van der Waals surface area (Å²) in [5.41, 5.74) is 0. The van der Waals surface area contributed by atoms with Gasteiger partial charge in [0, 0.05) is 12.1 Å². The van der Waals surface area contributed by atoms with Gasteiger partial charge in [-0.25, -0.2) is 0 Å². The summed E-state index contributed by atoms with van der Waals surface area (Å²) < 4.78 is 0. The number of aliphatic hydroxyl groups is 1. The Kier molecular flexibility index (Phi) is 2.25. The molecule has 2 atom stereocenters. The number of hydrogen-bond donors (Lipinski definition) is 2. The topological polar surface area (TPSA) is 32.3 Å². The molecule has 0 saturated carbocycles. The smallest absolute Gasteiger partial charge is 0.0587 e. The lowest BCUT2D eigenvalue weighted by Gasteiger charge is -2.22. The Morgan fingerprint density at radius 1 is 1.78 bits per heavy atom. The number of hydrogen-bond acceptors (Lipinski definition) is 2. The van der Waals surface area contributed by atoms with Crippen LogP contribution in [0.1, 0.15) is 13.3 Å². The van der Waals surface area contributed by atoms with Crippen molar-refractivity contribution in [3.8, 4) is 0 Å². The van der Waals surface area contributed by atoms with E-state index in [0.29, 0.717) is 6.04 Å². The van der Waals surface area contributed by atoms with Crippen molar-refractivity contribution < 1.29 is 5.11 Å². The fraction of sp³-hybridized carbons (Fsp3) is 0.714. The summed E-state index contributed by atoms with van der Waals surface area (Å²) in [6.07, 6.45) is 5.19. The van der Waals surface area contributed by atoms with E-state index in [1.807, 2.05) is 0 Å². The van der Waals surface area contributed by atoms with Crippen molar-refractivity contribution in [1.82, 2.24) is 5.32 Å². The molecule has 2 nitrogen and oxygen atoms in total. The second kappa shape index (κ2) is 2.99. The molecule has 0 fully saturated rings. The zero-order valence-electron chi connectivity index (χ0n) is 5.67. The molecule has 0 amide bonds. The Labute approximate surface area is 55.6 Å². The van der Waals surface area contributed by atoms with Gasteiger partial charge in [0.05, 0.1) is 6.61 Å². The van der Waals surface area contributed by atoms with Crippen molar-refractivity contribution in [2.45, 2.75) is 25.4 Å². The van der Waals surface area contributed by atoms with E-state index in [1.54, 1.807) is 0 Å². The lowest BCUT2D eigenvalue weighted by atomic mass is 10.1. The molecule has 0 spiro atoms. The zero-order valence-corrected chi connectivity index (χ0v) is 5.67. The Morgan fingerprint density at radius 3 is 3.00 bits per heavy atom. The fourth-order valence-corrected chi connectivity index (χ4v) is 1.07. The second-order valence-corrected chi connectivity index (χ2v) is 2.50. The average molecular weight is 127 g/mol. The standard InChI is InChI=1S/C7H13NO/c1-6-3-2-4-7(5-9)8-6/h2-3,6-9H,4-5H2,1H3. The van der Waals surface area contributed by atoms with Gasteiger partial charge >= 0.3 is 0 Å². The first-order valence-electron chi connectivity index (χ1n) is 3.36. The predicted octanol–water partition coefficient (Wildman–Crippen LogP) is 0.285. The summed E-state index contributed by atoms with van der Waals surface area (Å²) in [6, 6.07) is 0.709. The van der Waals surface area contributed by atoms with Gasteiger partial charge in [0.25, 0.3) is 0 Å². The quantitative estimate of drug-likeness (QED) is 0.496. The fourth-order valence-electron chi connectivity index (χ4n) is 1.07. The van der Waals surface area contributed by atoms with Crippen LogP contribution in [0.5, 0.6) is 0 Å². The van der Waals surface area contributed by atoms with Crippen molar-refractivity contribution in [2.75, 3.05) is 6.61 Å². The largest absolute Gasteiger partial charge is 0.395 e. The molecule has 2 N–H and O–H groups in total. The minimum absolute atomic E-state index is 0.245. The van der Waals surface area contributed by atoms with E-state index in [2.05, 4.69) is 24.4 Å². The van der Waals surface area contributed by atoms with Gasteiger partial charge in [-0.1, -0.05) is 12.2 Å². The molecule has 1 rings (SSSR count). The highest BCUT2D eigenvalue weighted by atomic mass is 16.3. The number of nitrogens with one attached hydrogen (secondary N) is 1. The lowest BCUT2D eigenvalue weighted by molar-refractivity contribution is 0.235. The van der Waals surface area contributed by atoms with Crippen LogP contribution in [0, 0.1) is 0 Å². The van der Waals surface area contributed by atoms with Crippen LogP contribution < -0.4 is 5.32 Å². The molecule has 9 heavy (non-hydrogen) atoms. The van der Waals surface area contributed by atoms with E-state index in [-0.39, 0.29) is 12.6 Å². The van der Waals surface area contributed by atoms with E-state index in [0.717, 1.165) is 6.42 Å². The molecular weight excluding hydrogens is 114 g/mol. The summed E-state index contributed by atoms with van der Waals surface area (Å²) >= 11 is 0. The average Bonchev–Trinajstić information content (AvgIpc) is 1.88. The molecule has 0 bridgehead atoms. The highest BCUT2D eigenvalue weighted by molar-refractivity contribution is 4.99. The van der Waals surface area contributed by atoms with Gasteiger partial charge < -0.3 is 10.4 Å². The summed E-state index contributed by atoms with van der Waals surface area (Å²) in [5.74, 6) is 0. The van der Waals surface area contributed by atoms with Gasteiger partial charge in [-0.15, -0.1) is 0 Å². The minimum Gasteiger partial charge on any atom is -0.395 e. The normalized spacial score (nSPS) is 34.9. The lowest BCUT2D eigenvalue weighted by Crippen LogP contribution is -2.40. The van der Waals surface area contributed by atoms with Crippen molar-refractivity contribution in [3.63, 3.8) is 0 Å². The number of rotatable bonds is 1. The maximum Gasteiger partial charge on any atom is 0.0587 e. The first kappa shape index (κ1) is 6.78. The van der Waals surface area contributed by atoms with Gasteiger partial charge in [-0.3, -0.25) is 0 Å². The monoisotopic (exact) mass is 127 g/mol. The van der Waals surface area contributed by atoms with E-state index >= 15 is 0 Å². The summed E-state index contributed by atoms with van der Waals surface area (Å²) in [6.45, 7) is 2.33. The Morgan fingerprint density at radius 2 is 2.56 bits per heavy atom. The first-order chi connectivity index (χ1) is 4.33. The highest BCUT2D eigenvalue weighted by Crippen LogP contribution is 2.02. The van der Waals surface area contributed by atoms with Gasteiger partial charge in [0.1, 0.15) is 0 Å². The van der Waals surface area contributed by atoms with Gasteiger partial charge in [0.2, 0.25) is 0 Å². The molecule has 0 aliphatic carbocycles. The summed E-state index contributed by atoms with van der Waals surface area (Å²) in [7, 11) is 0. The summed E-state index contributed by atoms with van der Waals surface area (Å²) in [4.78, 5) is 0. The molecule has 0 saturated heterocycles. The van der Waals surface area contributed by atoms with Crippen LogP contribution >= 0.6 is 0 Å². The maximum atomic E-state index is 8.71. The molecule has 2 heteroatoms. The minimum atomic E-state index is 0.245. The van der Waals surface area contributed by atoms with Gasteiger partial charge in [-0.2, -0.15) is 0 Å². The Bertz CT molecular complexity index is 111. The van der Waals surface area contributed by atoms with Gasteiger partial charge in [-0.05, 0) is 13.3 Å². The van der Waals surface area contributed by atoms with Crippen LogP contribution in [-0.2, 0) is 0 Å². The van der Waals surface area contributed by atoms with Crippen LogP contribution in [0.4, 0.5) is 0 Å². The van der Waals surface area contributed by atoms with E-state index in [1.165, 1.54) is 0 Å². The third-order valence-corrected chi connectivity index (χ3v) is 1.56. The van der Waals surface area contributed by atoms with E-state index in [9.17, 15) is 0 Å². The molecular formula is C7H13NO. The number of aliphatic hydroxyl groups excluding tert-OH is 1. The predicted molar refractivity (Wildman–Crippen MR) is 37.2 cm³/mol. The molecule has 0 radical (unpaired) electrons. The summed E-state index contributed by atoms with van der Waals surface area (Å²) in [5, 5.41) is 11.9. The molecule has 1 heterocycles. The first-order valence-corrected chi connectivity index (χ1v) is 3.36. The molecule has 2 unspecified atom stereocenters. The molecule has 52 valence electrons. The van der Waals surface area contributed by atoms with Crippen molar-refractivity contribution in [2.24, 2.45) is 0 Å². The third-order valence-electron chi connectivity index (χ3n) is 1.56. The SMILES string of the molecule is CC1C=CCC(CO)N1. The van der Waals surface area contributed by atoms with Crippen molar-refractivity contribution in [1.29, 1.82) is 0 Å². The van der Waals surface area contributed by atoms with Gasteiger partial charge in [0.15, 0.2) is 0 Å². The zero-order chi connectivity index (χ0) is 6.69. The maximum absolute atomic E-state index is 8.71. The van der Waals surface area contributed by atoms with E-state index < -0.39 is 0 Å². The molecule has 0 aromatic carbocycles. The second-order valence-electron chi connectivity index (χ2n) is 2.50. The van der Waals surface area contributed by atoms with Crippen LogP contribution in [0.15, 0.2) is 12.2 Å². The van der Waals surface area contributed by atoms with Crippen LogP contribution in [0.2, 0.25) is 0 Å². The van der Waals surface area contributed by atoms with Crippen LogP contribution in [-0.4, -0.2) is 23.8 Å². The van der Waals surface area contributed by atoms with Crippen molar-refractivity contribution in [3.05, 3.63) is 12.2 Å². The molecule has 0 aromatic rings. The molecule has 0 aromatic heterocycles. The van der Waals surface area contributed by atoms with Crippen LogP contribution in [0.3, 0.4) is 0 Å². The Balaban J connectivity index is 2.38. The molecule has 1 aliphatic rings. The van der Waals surface area contributed by atoms with E-state index in [4.69, 9.17) is 5.11 Å². The Hall–Kier alpha value is -0.340.